The van der Waals surface area contributed by atoms with E-state index in [4.69, 9.17) is 0 Å². The fraction of sp³-hybridized carbons (Fsp3) is 0.200. The van der Waals surface area contributed by atoms with E-state index in [0.29, 0.717) is 5.56 Å². The molecule has 6 nitrogen and oxygen atoms in total. The molecule has 0 aliphatic heterocycles. The number of benzene rings is 1. The van der Waals surface area contributed by atoms with Gasteiger partial charge in [0.15, 0.2) is 0 Å². The van der Waals surface area contributed by atoms with Gasteiger partial charge in [-0.25, -0.2) is 5.43 Å². The summed E-state index contributed by atoms with van der Waals surface area (Å²) < 4.78 is 0. The van der Waals surface area contributed by atoms with Crippen LogP contribution in [0.25, 0.3) is 0 Å². The number of thiophene rings is 1. The van der Waals surface area contributed by atoms with Crippen molar-refractivity contribution in [2.45, 2.75) is 20.3 Å². The van der Waals surface area contributed by atoms with Gasteiger partial charge in [0.1, 0.15) is 0 Å². The normalized spacial score (nSPS) is 11.3. The van der Waals surface area contributed by atoms with Crippen LogP contribution in [0.1, 0.15) is 22.2 Å². The molecule has 7 heteroatoms. The highest BCUT2D eigenvalue weighted by molar-refractivity contribution is 7.14. The van der Waals surface area contributed by atoms with E-state index in [1.807, 2.05) is 26.0 Å². The minimum absolute atomic E-state index is 0.00564. The third-order valence-corrected chi connectivity index (χ3v) is 4.07. The second kappa shape index (κ2) is 6.95. The Kier molecular flexibility index (Phi) is 5.00. The summed E-state index contributed by atoms with van der Waals surface area (Å²) in [7, 11) is 0. The predicted octanol–water partition coefficient (Wildman–Crippen LogP) is 3.05. The molecule has 114 valence electrons. The Morgan fingerprint density at radius 2 is 1.95 bits per heavy atom. The van der Waals surface area contributed by atoms with E-state index < -0.39 is 4.92 Å². The van der Waals surface area contributed by atoms with Crippen LogP contribution in [0.2, 0.25) is 0 Å². The van der Waals surface area contributed by atoms with E-state index in [2.05, 4.69) is 10.5 Å². The largest absolute Gasteiger partial charge is 0.273 e. The first kappa shape index (κ1) is 15.8. The topological polar surface area (TPSA) is 84.6 Å². The summed E-state index contributed by atoms with van der Waals surface area (Å²) >= 11 is 1.61. The summed E-state index contributed by atoms with van der Waals surface area (Å²) in [6, 6.07) is 9.85. The highest BCUT2D eigenvalue weighted by Crippen LogP contribution is 2.15. The van der Waals surface area contributed by atoms with Gasteiger partial charge in [0.25, 0.3) is 5.69 Å². The van der Waals surface area contributed by atoms with Gasteiger partial charge >= 0.3 is 0 Å². The van der Waals surface area contributed by atoms with Crippen molar-refractivity contribution < 1.29 is 9.72 Å². The van der Waals surface area contributed by atoms with Crippen LogP contribution >= 0.6 is 11.3 Å². The van der Waals surface area contributed by atoms with Gasteiger partial charge in [-0.1, -0.05) is 12.1 Å². The Labute approximate surface area is 131 Å². The van der Waals surface area contributed by atoms with Crippen molar-refractivity contribution in [1.29, 1.82) is 0 Å². The lowest BCUT2D eigenvalue weighted by Gasteiger charge is -2.02. The fourth-order valence-electron chi connectivity index (χ4n) is 1.79. The minimum atomic E-state index is -0.472. The number of amides is 1. The first-order valence-corrected chi connectivity index (χ1v) is 7.40. The van der Waals surface area contributed by atoms with Gasteiger partial charge in [0.05, 0.1) is 21.9 Å². The van der Waals surface area contributed by atoms with Crippen LogP contribution in [-0.4, -0.2) is 16.5 Å². The molecule has 0 bridgehead atoms. The molecular weight excluding hydrogens is 302 g/mol. The first-order valence-electron chi connectivity index (χ1n) is 6.59. The van der Waals surface area contributed by atoms with E-state index in [0.717, 1.165) is 10.6 Å². The van der Waals surface area contributed by atoms with Gasteiger partial charge in [-0.3, -0.25) is 14.9 Å². The van der Waals surface area contributed by atoms with Crippen molar-refractivity contribution >= 4 is 28.6 Å². The summed E-state index contributed by atoms with van der Waals surface area (Å²) in [5.41, 5.74) is 3.95. The lowest BCUT2D eigenvalue weighted by atomic mass is 10.1. The Balaban J connectivity index is 1.94. The lowest BCUT2D eigenvalue weighted by Crippen LogP contribution is -2.21. The number of non-ortho nitro benzene ring substituents is 1. The van der Waals surface area contributed by atoms with Gasteiger partial charge < -0.3 is 0 Å². The van der Waals surface area contributed by atoms with Crippen LogP contribution in [0.5, 0.6) is 0 Å². The molecule has 0 unspecified atom stereocenters. The third-order valence-electron chi connectivity index (χ3n) is 2.96. The van der Waals surface area contributed by atoms with Crippen molar-refractivity contribution in [3.05, 3.63) is 61.8 Å². The molecule has 0 saturated heterocycles. The molecule has 1 heterocycles. The number of nitro benzene ring substituents is 1. The molecular formula is C15H15N3O3S. The maximum atomic E-state index is 11.8. The van der Waals surface area contributed by atoms with Crippen LogP contribution in [-0.2, 0) is 11.2 Å². The number of aryl methyl sites for hydroxylation is 1. The quantitative estimate of drug-likeness (QED) is 0.522. The van der Waals surface area contributed by atoms with Crippen molar-refractivity contribution in [1.82, 2.24) is 5.43 Å². The Morgan fingerprint density at radius 3 is 2.50 bits per heavy atom. The molecule has 1 aromatic carbocycles. The van der Waals surface area contributed by atoms with Gasteiger partial charge in [-0.05, 0) is 31.5 Å². The Hall–Kier alpha value is -2.54. The molecule has 0 spiro atoms. The summed E-state index contributed by atoms with van der Waals surface area (Å²) in [4.78, 5) is 24.1. The molecule has 2 aromatic rings. The molecule has 0 atom stereocenters. The van der Waals surface area contributed by atoms with Gasteiger partial charge in [0.2, 0.25) is 5.91 Å². The SMILES string of the molecule is C/C(=N/NC(=O)Cc1ccc([N+](=O)[O-])cc1)c1ccc(C)s1. The molecule has 22 heavy (non-hydrogen) atoms. The predicted molar refractivity (Wildman–Crippen MR) is 86.2 cm³/mol. The number of carbonyl (C=O) groups excluding carboxylic acids is 1. The zero-order valence-electron chi connectivity index (χ0n) is 12.2. The second-order valence-corrected chi connectivity index (χ2v) is 6.03. The average Bonchev–Trinajstić information content (AvgIpc) is 2.92. The third kappa shape index (κ3) is 4.23. The Morgan fingerprint density at radius 1 is 1.27 bits per heavy atom. The molecule has 1 aromatic heterocycles. The van der Waals surface area contributed by atoms with E-state index in [1.54, 1.807) is 23.5 Å². The average molecular weight is 317 g/mol. The smallest absolute Gasteiger partial charge is 0.269 e. The fourth-order valence-corrected chi connectivity index (χ4v) is 2.60. The summed E-state index contributed by atoms with van der Waals surface area (Å²) in [5.74, 6) is -0.263. The van der Waals surface area contributed by atoms with E-state index in [-0.39, 0.29) is 18.0 Å². The van der Waals surface area contributed by atoms with E-state index >= 15 is 0 Å². The van der Waals surface area contributed by atoms with Crippen LogP contribution in [0.3, 0.4) is 0 Å². The molecule has 1 N–H and O–H groups in total. The van der Waals surface area contributed by atoms with Crippen molar-refractivity contribution in [2.24, 2.45) is 5.10 Å². The maximum absolute atomic E-state index is 11.8. The second-order valence-electron chi connectivity index (χ2n) is 4.74. The van der Waals surface area contributed by atoms with Gasteiger partial charge in [-0.15, -0.1) is 11.3 Å². The molecule has 0 fully saturated rings. The molecule has 1 amide bonds. The number of rotatable bonds is 5. The van der Waals surface area contributed by atoms with Crippen LogP contribution < -0.4 is 5.43 Å². The highest BCUT2D eigenvalue weighted by atomic mass is 32.1. The number of hydrazone groups is 1. The zero-order valence-corrected chi connectivity index (χ0v) is 13.0. The standard InChI is InChI=1S/C15H15N3O3S/c1-10-3-8-14(22-10)11(2)16-17-15(19)9-12-4-6-13(7-5-12)18(20)21/h3-8H,9H2,1-2H3,(H,17,19)/b16-11-. The molecule has 0 radical (unpaired) electrons. The molecule has 0 aliphatic rings. The first-order chi connectivity index (χ1) is 10.5. The highest BCUT2D eigenvalue weighted by Gasteiger charge is 2.07. The summed E-state index contributed by atoms with van der Waals surface area (Å²) in [5, 5.41) is 14.6. The molecule has 0 saturated carbocycles. The van der Waals surface area contributed by atoms with Crippen LogP contribution in [0.4, 0.5) is 5.69 Å². The maximum Gasteiger partial charge on any atom is 0.269 e. The number of hydrogen-bond acceptors (Lipinski definition) is 5. The minimum Gasteiger partial charge on any atom is -0.273 e. The molecule has 0 aliphatic carbocycles. The Bertz CT molecular complexity index is 720. The number of nitrogens with one attached hydrogen (secondary N) is 1. The summed E-state index contributed by atoms with van der Waals surface area (Å²) in [6.45, 7) is 3.84. The number of carbonyl (C=O) groups is 1. The number of nitro groups is 1. The van der Waals surface area contributed by atoms with Gasteiger partial charge in [-0.2, -0.15) is 5.10 Å². The molecule has 2 rings (SSSR count). The van der Waals surface area contributed by atoms with Crippen molar-refractivity contribution in [3.63, 3.8) is 0 Å². The van der Waals surface area contributed by atoms with E-state index in [1.165, 1.54) is 17.0 Å². The van der Waals surface area contributed by atoms with Crippen molar-refractivity contribution in [2.75, 3.05) is 0 Å². The van der Waals surface area contributed by atoms with Crippen molar-refractivity contribution in [3.8, 4) is 0 Å². The monoisotopic (exact) mass is 317 g/mol. The van der Waals surface area contributed by atoms with Crippen LogP contribution in [0.15, 0.2) is 41.5 Å². The summed E-state index contributed by atoms with van der Waals surface area (Å²) in [6.07, 6.45) is 0.123. The number of nitrogens with zero attached hydrogens (tertiary/aromatic N) is 2. The van der Waals surface area contributed by atoms with Gasteiger partial charge in [0, 0.05) is 17.0 Å². The lowest BCUT2D eigenvalue weighted by molar-refractivity contribution is -0.384. The zero-order chi connectivity index (χ0) is 16.1. The van der Waals surface area contributed by atoms with Crippen LogP contribution in [0, 0.1) is 17.0 Å². The number of hydrogen-bond donors (Lipinski definition) is 1. The van der Waals surface area contributed by atoms with E-state index in [9.17, 15) is 14.9 Å².